The van der Waals surface area contributed by atoms with Gasteiger partial charge in [0, 0.05) is 24.3 Å². The number of hydrogen-bond acceptors (Lipinski definition) is 5. The third-order valence-corrected chi connectivity index (χ3v) is 7.09. The van der Waals surface area contributed by atoms with Gasteiger partial charge in [0.1, 0.15) is 17.6 Å². The summed E-state index contributed by atoms with van der Waals surface area (Å²) in [5, 5.41) is 16.0. The first-order valence-electron chi connectivity index (χ1n) is 12.2. The largest absolute Gasteiger partial charge is 0.507 e. The minimum Gasteiger partial charge on any atom is -0.507 e. The van der Waals surface area contributed by atoms with Crippen molar-refractivity contribution in [3.63, 3.8) is 0 Å². The first-order chi connectivity index (χ1) is 16.6. The molecule has 0 radical (unpaired) electrons. The number of rotatable bonds is 6. The minimum absolute atomic E-state index is 0.101. The second-order valence-corrected chi connectivity index (χ2v) is 9.11. The molecule has 0 unspecified atom stereocenters. The first-order valence-corrected chi connectivity index (χ1v) is 12.2. The van der Waals surface area contributed by atoms with Crippen LogP contribution < -0.4 is 5.43 Å². The van der Waals surface area contributed by atoms with E-state index in [2.05, 4.69) is 16.9 Å². The van der Waals surface area contributed by atoms with E-state index >= 15 is 0 Å². The van der Waals surface area contributed by atoms with Crippen LogP contribution in [-0.4, -0.2) is 32.4 Å². The van der Waals surface area contributed by atoms with Crippen molar-refractivity contribution < 1.29 is 9.52 Å². The predicted molar refractivity (Wildman–Crippen MR) is 134 cm³/mol. The maximum absolute atomic E-state index is 13.6. The lowest BCUT2D eigenvalue weighted by molar-refractivity contribution is 0.135. The zero-order valence-electron chi connectivity index (χ0n) is 19.8. The van der Waals surface area contributed by atoms with E-state index in [0.717, 1.165) is 36.2 Å². The fourth-order valence-electron chi connectivity index (χ4n) is 5.12. The molecule has 0 aliphatic carbocycles. The quantitative estimate of drug-likeness (QED) is 0.403. The normalized spacial score (nSPS) is 16.8. The number of hydrogen-bond donors (Lipinski definition) is 1. The summed E-state index contributed by atoms with van der Waals surface area (Å²) in [5.74, 6) is 0.253. The van der Waals surface area contributed by atoms with Gasteiger partial charge in [-0.15, -0.1) is 0 Å². The van der Waals surface area contributed by atoms with E-state index in [9.17, 15) is 9.90 Å². The molecule has 1 atom stereocenters. The Morgan fingerprint density at radius 3 is 2.76 bits per heavy atom. The summed E-state index contributed by atoms with van der Waals surface area (Å²) >= 11 is 0. The lowest BCUT2D eigenvalue weighted by Gasteiger charge is -2.35. The van der Waals surface area contributed by atoms with E-state index in [1.807, 2.05) is 43.5 Å². The summed E-state index contributed by atoms with van der Waals surface area (Å²) in [7, 11) is 0. The molecule has 34 heavy (non-hydrogen) atoms. The molecule has 4 aromatic rings. The number of aromatic hydroxyl groups is 1. The average Bonchev–Trinajstić information content (AvgIpc) is 3.37. The van der Waals surface area contributed by atoms with Gasteiger partial charge in [-0.1, -0.05) is 38.5 Å². The first kappa shape index (κ1) is 22.4. The molecule has 1 N–H and O–H groups in total. The summed E-state index contributed by atoms with van der Waals surface area (Å²) in [6.45, 7) is 5.79. The van der Waals surface area contributed by atoms with Gasteiger partial charge in [0.2, 0.25) is 5.43 Å². The van der Waals surface area contributed by atoms with Crippen LogP contribution in [0.3, 0.4) is 0 Å². The maximum atomic E-state index is 13.6. The van der Waals surface area contributed by atoms with Gasteiger partial charge in [-0.3, -0.25) is 9.69 Å². The zero-order chi connectivity index (χ0) is 23.7. The number of likely N-dealkylation sites (tertiary alicyclic amines) is 1. The summed E-state index contributed by atoms with van der Waals surface area (Å²) in [6.07, 6.45) is 10.3. The highest BCUT2D eigenvalue weighted by Crippen LogP contribution is 2.34. The molecule has 2 aromatic heterocycles. The molecule has 6 heteroatoms. The van der Waals surface area contributed by atoms with E-state index in [0.29, 0.717) is 41.1 Å². The number of piperidine rings is 1. The lowest BCUT2D eigenvalue weighted by atomic mass is 9.96. The van der Waals surface area contributed by atoms with E-state index in [1.54, 1.807) is 16.9 Å². The minimum atomic E-state index is -0.101. The molecule has 2 aromatic carbocycles. The number of phenols is 1. The summed E-state index contributed by atoms with van der Waals surface area (Å²) in [5.41, 5.74) is 3.98. The van der Waals surface area contributed by atoms with Gasteiger partial charge in [0.15, 0.2) is 0 Å². The smallest absolute Gasteiger partial charge is 0.200 e. The Labute approximate surface area is 199 Å². The summed E-state index contributed by atoms with van der Waals surface area (Å²) < 4.78 is 7.84. The van der Waals surface area contributed by atoms with Crippen molar-refractivity contribution in [2.45, 2.75) is 58.5 Å². The number of aromatic nitrogens is 2. The number of fused-ring (bicyclic) bond motifs is 1. The molecular formula is C28H31N3O3. The third kappa shape index (κ3) is 4.03. The molecule has 0 spiro atoms. The van der Waals surface area contributed by atoms with Crippen LogP contribution in [0, 0.1) is 0 Å². The number of benzene rings is 2. The zero-order valence-corrected chi connectivity index (χ0v) is 19.8. The van der Waals surface area contributed by atoms with Crippen LogP contribution in [0.4, 0.5) is 0 Å². The van der Waals surface area contributed by atoms with Crippen molar-refractivity contribution in [2.75, 3.05) is 6.54 Å². The van der Waals surface area contributed by atoms with Gasteiger partial charge in [0.25, 0.3) is 0 Å². The molecule has 0 amide bonds. The van der Waals surface area contributed by atoms with E-state index < -0.39 is 0 Å². The van der Waals surface area contributed by atoms with Crippen molar-refractivity contribution in [1.82, 2.24) is 14.7 Å². The number of para-hydroxylation sites is 1. The van der Waals surface area contributed by atoms with Crippen LogP contribution in [0.15, 0.2) is 64.3 Å². The Balaban J connectivity index is 1.59. The summed E-state index contributed by atoms with van der Waals surface area (Å²) in [6, 6.07) is 12.1. The Morgan fingerprint density at radius 2 is 2.00 bits per heavy atom. The second kappa shape index (κ2) is 9.47. The molecule has 0 bridgehead atoms. The predicted octanol–water partition coefficient (Wildman–Crippen LogP) is 5.68. The fourth-order valence-corrected chi connectivity index (χ4v) is 5.12. The molecule has 3 heterocycles. The molecule has 176 valence electrons. The van der Waals surface area contributed by atoms with Crippen LogP contribution in [0.25, 0.3) is 27.8 Å². The maximum Gasteiger partial charge on any atom is 0.200 e. The molecule has 1 aliphatic rings. The van der Waals surface area contributed by atoms with Crippen LogP contribution in [-0.2, 0) is 13.0 Å². The highest BCUT2D eigenvalue weighted by Gasteiger charge is 2.25. The van der Waals surface area contributed by atoms with Crippen LogP contribution in [0.2, 0.25) is 0 Å². The van der Waals surface area contributed by atoms with Gasteiger partial charge < -0.3 is 9.52 Å². The Hall–Kier alpha value is -3.38. The number of aryl methyl sites for hydroxylation is 1. The van der Waals surface area contributed by atoms with E-state index in [-0.39, 0.29) is 11.2 Å². The summed E-state index contributed by atoms with van der Waals surface area (Å²) in [4.78, 5) is 16.1. The molecule has 6 nitrogen and oxygen atoms in total. The number of nitrogens with zero attached hydrogens (tertiary/aromatic N) is 3. The SMILES string of the molecule is CCc1cc2c(=O)c(-c3cnn(-c4ccccc4)c3)coc2c(CN2CCCC[C@H]2CC)c1O. The Kier molecular flexibility index (Phi) is 6.24. The Bertz CT molecular complexity index is 1360. The van der Waals surface area contributed by atoms with Crippen LogP contribution in [0.5, 0.6) is 5.75 Å². The topological polar surface area (TPSA) is 71.5 Å². The molecular weight excluding hydrogens is 426 g/mol. The van der Waals surface area contributed by atoms with Crippen molar-refractivity contribution in [1.29, 1.82) is 0 Å². The van der Waals surface area contributed by atoms with Crippen molar-refractivity contribution in [3.8, 4) is 22.6 Å². The molecule has 5 rings (SSSR count). The van der Waals surface area contributed by atoms with Crippen molar-refractivity contribution >= 4 is 11.0 Å². The molecule has 0 saturated carbocycles. The van der Waals surface area contributed by atoms with Crippen LogP contribution >= 0.6 is 0 Å². The molecule has 1 fully saturated rings. The Morgan fingerprint density at radius 1 is 1.18 bits per heavy atom. The van der Waals surface area contributed by atoms with Gasteiger partial charge in [-0.05, 0) is 56.0 Å². The highest BCUT2D eigenvalue weighted by molar-refractivity contribution is 5.86. The number of phenolic OH excluding ortho intramolecular Hbond substituents is 1. The molecule has 1 aliphatic heterocycles. The van der Waals surface area contributed by atoms with Gasteiger partial charge >= 0.3 is 0 Å². The van der Waals surface area contributed by atoms with Gasteiger partial charge in [-0.2, -0.15) is 5.10 Å². The lowest BCUT2D eigenvalue weighted by Crippen LogP contribution is -2.38. The molecule has 1 saturated heterocycles. The average molecular weight is 458 g/mol. The van der Waals surface area contributed by atoms with Gasteiger partial charge in [-0.25, -0.2) is 4.68 Å². The van der Waals surface area contributed by atoms with Crippen LogP contribution in [0.1, 0.15) is 50.7 Å². The van der Waals surface area contributed by atoms with E-state index in [4.69, 9.17) is 4.42 Å². The van der Waals surface area contributed by atoms with E-state index in [1.165, 1.54) is 19.1 Å². The second-order valence-electron chi connectivity index (χ2n) is 9.11. The third-order valence-electron chi connectivity index (χ3n) is 7.09. The fraction of sp³-hybridized carbons (Fsp3) is 0.357. The standard InChI is InChI=1S/C28H31N3O3/c1-3-19-14-23-27(33)25(20-15-29-31(16-20)22-11-6-5-7-12-22)18-34-28(23)24(26(19)32)17-30-13-9-8-10-21(30)4-2/h5-7,11-12,14-16,18,21,32H,3-4,8-10,13,17H2,1-2H3/t21-/m1/s1. The van der Waals surface area contributed by atoms with Gasteiger partial charge in [0.05, 0.1) is 28.4 Å². The monoisotopic (exact) mass is 457 g/mol. The van der Waals surface area contributed by atoms with Crippen molar-refractivity contribution in [3.05, 3.63) is 76.4 Å². The van der Waals surface area contributed by atoms with Crippen molar-refractivity contribution in [2.24, 2.45) is 0 Å². The highest BCUT2D eigenvalue weighted by atomic mass is 16.3.